The Morgan fingerprint density at radius 2 is 1.77 bits per heavy atom. The molecule has 0 atom stereocenters. The first-order chi connectivity index (χ1) is 14.7. The molecule has 3 rings (SSSR count). The van der Waals surface area contributed by atoms with E-state index in [0.29, 0.717) is 19.1 Å². The molecule has 0 radical (unpaired) electrons. The van der Waals surface area contributed by atoms with Gasteiger partial charge in [0.1, 0.15) is 12.4 Å². The van der Waals surface area contributed by atoms with E-state index in [9.17, 15) is 0 Å². The van der Waals surface area contributed by atoms with Crippen LogP contribution in [0.5, 0.6) is 5.75 Å². The lowest BCUT2D eigenvalue weighted by Crippen LogP contribution is -2.29. The van der Waals surface area contributed by atoms with E-state index in [-0.39, 0.29) is 0 Å². The molecule has 1 aliphatic rings. The van der Waals surface area contributed by atoms with Crippen LogP contribution in [0, 0.1) is 5.92 Å². The summed E-state index contributed by atoms with van der Waals surface area (Å²) in [6, 6.07) is 15.3. The number of unbranched alkanes of at least 4 members (excludes halogenated alkanes) is 1. The van der Waals surface area contributed by atoms with E-state index >= 15 is 0 Å². The number of nitrogens with zero attached hydrogens (tertiary/aromatic N) is 1. The van der Waals surface area contributed by atoms with Gasteiger partial charge in [-0.05, 0) is 66.1 Å². The molecule has 3 nitrogen and oxygen atoms in total. The van der Waals surface area contributed by atoms with Crippen molar-refractivity contribution in [3.63, 3.8) is 0 Å². The molecule has 0 fully saturated rings. The largest absolute Gasteiger partial charge is 0.491 e. The van der Waals surface area contributed by atoms with E-state index in [0.717, 1.165) is 44.7 Å². The summed E-state index contributed by atoms with van der Waals surface area (Å²) in [4.78, 5) is 2.55. The molecule has 0 unspecified atom stereocenters. The molecule has 2 aromatic carbocycles. The highest BCUT2D eigenvalue weighted by Crippen LogP contribution is 2.31. The predicted octanol–water partition coefficient (Wildman–Crippen LogP) is 6.82. The van der Waals surface area contributed by atoms with Gasteiger partial charge in [0, 0.05) is 25.4 Å². The maximum absolute atomic E-state index is 5.81. The number of ether oxygens (including phenoxy) is 2. The van der Waals surface area contributed by atoms with Crippen molar-refractivity contribution in [3.8, 4) is 16.9 Å². The SMILES string of the molecule is CCCCOCCOc1ccc(-c2ccc3c(c2)C=CCCCN3CC(C)C)cc1. The van der Waals surface area contributed by atoms with Crippen LogP contribution in [0.25, 0.3) is 17.2 Å². The molecule has 0 spiro atoms. The Kier molecular flexibility index (Phi) is 8.82. The predicted molar refractivity (Wildman–Crippen MR) is 128 cm³/mol. The Bertz CT molecular complexity index is 795. The van der Waals surface area contributed by atoms with E-state index in [1.54, 1.807) is 0 Å². The summed E-state index contributed by atoms with van der Waals surface area (Å²) in [7, 11) is 0. The van der Waals surface area contributed by atoms with E-state index in [1.165, 1.54) is 28.8 Å². The van der Waals surface area contributed by atoms with Crippen molar-refractivity contribution < 1.29 is 9.47 Å². The maximum Gasteiger partial charge on any atom is 0.119 e. The highest BCUT2D eigenvalue weighted by molar-refractivity contribution is 5.76. The number of fused-ring (bicyclic) bond motifs is 1. The molecule has 3 heteroatoms. The normalized spacial score (nSPS) is 13.8. The van der Waals surface area contributed by atoms with Gasteiger partial charge in [-0.3, -0.25) is 0 Å². The fourth-order valence-corrected chi connectivity index (χ4v) is 3.83. The number of benzene rings is 2. The van der Waals surface area contributed by atoms with Crippen LogP contribution in [0.1, 0.15) is 52.0 Å². The zero-order valence-corrected chi connectivity index (χ0v) is 18.9. The summed E-state index contributed by atoms with van der Waals surface area (Å²) in [5.74, 6) is 1.55. The van der Waals surface area contributed by atoms with Gasteiger partial charge in [0.15, 0.2) is 0 Å². The molecule has 1 heterocycles. The lowest BCUT2D eigenvalue weighted by Gasteiger charge is -2.29. The summed E-state index contributed by atoms with van der Waals surface area (Å²) >= 11 is 0. The molecule has 0 bridgehead atoms. The van der Waals surface area contributed by atoms with E-state index in [4.69, 9.17) is 9.47 Å². The van der Waals surface area contributed by atoms with Crippen molar-refractivity contribution in [1.82, 2.24) is 0 Å². The maximum atomic E-state index is 5.81. The molecule has 30 heavy (non-hydrogen) atoms. The van der Waals surface area contributed by atoms with E-state index in [1.807, 2.05) is 0 Å². The number of hydrogen-bond donors (Lipinski definition) is 0. The number of rotatable bonds is 10. The minimum atomic E-state index is 0.596. The number of anilines is 1. The minimum absolute atomic E-state index is 0.596. The average Bonchev–Trinajstić information content (AvgIpc) is 2.73. The standard InChI is InChI=1S/C27H37NO2/c1-4-5-17-29-18-19-30-26-13-10-23(11-14-26)24-12-15-27-25(20-24)9-7-6-8-16-28(27)21-22(2)3/h7,9-15,20,22H,4-6,8,16-19,21H2,1-3H3. The lowest BCUT2D eigenvalue weighted by molar-refractivity contribution is 0.0981. The summed E-state index contributed by atoms with van der Waals surface area (Å²) in [5.41, 5.74) is 5.14. The molecule has 162 valence electrons. The molecule has 0 aliphatic carbocycles. The van der Waals surface area contributed by atoms with Crippen molar-refractivity contribution in [2.75, 3.05) is 37.8 Å². The van der Waals surface area contributed by atoms with Crippen LogP contribution in [-0.2, 0) is 4.74 Å². The Morgan fingerprint density at radius 1 is 0.967 bits per heavy atom. The van der Waals surface area contributed by atoms with Crippen LogP contribution in [-0.4, -0.2) is 32.9 Å². The van der Waals surface area contributed by atoms with Crippen LogP contribution in [0.3, 0.4) is 0 Å². The van der Waals surface area contributed by atoms with Gasteiger partial charge in [-0.25, -0.2) is 0 Å². The number of hydrogen-bond acceptors (Lipinski definition) is 3. The van der Waals surface area contributed by atoms with Crippen LogP contribution in [0.4, 0.5) is 5.69 Å². The monoisotopic (exact) mass is 407 g/mol. The van der Waals surface area contributed by atoms with Crippen molar-refractivity contribution >= 4 is 11.8 Å². The number of allylic oxidation sites excluding steroid dienone is 1. The van der Waals surface area contributed by atoms with Gasteiger partial charge in [-0.1, -0.05) is 57.5 Å². The third-order valence-corrected chi connectivity index (χ3v) is 5.38. The average molecular weight is 408 g/mol. The van der Waals surface area contributed by atoms with Gasteiger partial charge in [0.05, 0.1) is 6.61 Å². The van der Waals surface area contributed by atoms with Gasteiger partial charge < -0.3 is 14.4 Å². The summed E-state index contributed by atoms with van der Waals surface area (Å²) in [5, 5.41) is 0. The van der Waals surface area contributed by atoms with E-state index in [2.05, 4.69) is 80.3 Å². The van der Waals surface area contributed by atoms with Gasteiger partial charge in [-0.15, -0.1) is 0 Å². The van der Waals surface area contributed by atoms with Crippen molar-refractivity contribution in [2.24, 2.45) is 5.92 Å². The molecule has 0 saturated carbocycles. The zero-order valence-electron chi connectivity index (χ0n) is 18.9. The second-order valence-electron chi connectivity index (χ2n) is 8.50. The lowest BCUT2D eigenvalue weighted by atomic mass is 9.99. The first kappa shape index (κ1) is 22.4. The molecule has 0 saturated heterocycles. The fourth-order valence-electron chi connectivity index (χ4n) is 3.83. The minimum Gasteiger partial charge on any atom is -0.491 e. The summed E-state index contributed by atoms with van der Waals surface area (Å²) in [6.07, 6.45) is 9.24. The van der Waals surface area contributed by atoms with Crippen molar-refractivity contribution in [2.45, 2.75) is 46.5 Å². The third kappa shape index (κ3) is 6.63. The first-order valence-corrected chi connectivity index (χ1v) is 11.5. The third-order valence-electron chi connectivity index (χ3n) is 5.38. The smallest absolute Gasteiger partial charge is 0.119 e. The summed E-state index contributed by atoms with van der Waals surface area (Å²) in [6.45, 7) is 11.1. The Labute approximate surface area is 182 Å². The zero-order chi connectivity index (χ0) is 21.2. The Morgan fingerprint density at radius 3 is 2.53 bits per heavy atom. The fraction of sp³-hybridized carbons (Fsp3) is 0.481. The van der Waals surface area contributed by atoms with Crippen molar-refractivity contribution in [3.05, 3.63) is 54.1 Å². The highest BCUT2D eigenvalue weighted by Gasteiger charge is 2.14. The molecular formula is C27H37NO2. The molecule has 0 N–H and O–H groups in total. The quantitative estimate of drug-likeness (QED) is 0.403. The van der Waals surface area contributed by atoms with Crippen LogP contribution >= 0.6 is 0 Å². The highest BCUT2D eigenvalue weighted by atomic mass is 16.5. The van der Waals surface area contributed by atoms with Gasteiger partial charge >= 0.3 is 0 Å². The molecular weight excluding hydrogens is 370 g/mol. The van der Waals surface area contributed by atoms with Crippen LogP contribution in [0.2, 0.25) is 0 Å². The molecule has 1 aliphatic heterocycles. The summed E-state index contributed by atoms with van der Waals surface area (Å²) < 4.78 is 11.4. The second-order valence-corrected chi connectivity index (χ2v) is 8.50. The van der Waals surface area contributed by atoms with Gasteiger partial charge in [0.2, 0.25) is 0 Å². The topological polar surface area (TPSA) is 21.7 Å². The van der Waals surface area contributed by atoms with E-state index < -0.39 is 0 Å². The molecule has 0 aromatic heterocycles. The molecule has 2 aromatic rings. The van der Waals surface area contributed by atoms with Gasteiger partial charge in [-0.2, -0.15) is 0 Å². The second kappa shape index (κ2) is 11.8. The van der Waals surface area contributed by atoms with Crippen molar-refractivity contribution in [1.29, 1.82) is 0 Å². The van der Waals surface area contributed by atoms with Crippen LogP contribution < -0.4 is 9.64 Å². The first-order valence-electron chi connectivity index (χ1n) is 11.5. The Balaban J connectivity index is 1.67. The molecule has 0 amide bonds. The Hall–Kier alpha value is -2.26. The van der Waals surface area contributed by atoms with Crippen LogP contribution in [0.15, 0.2) is 48.5 Å². The van der Waals surface area contributed by atoms with Gasteiger partial charge in [0.25, 0.3) is 0 Å².